The summed E-state index contributed by atoms with van der Waals surface area (Å²) in [6, 6.07) is 19.7. The zero-order valence-electron chi connectivity index (χ0n) is 20.2. The van der Waals surface area contributed by atoms with Crippen LogP contribution < -0.4 is 10.6 Å². The third kappa shape index (κ3) is 6.81. The van der Waals surface area contributed by atoms with Gasteiger partial charge in [-0.1, -0.05) is 86.5 Å². The van der Waals surface area contributed by atoms with Crippen LogP contribution in [0.25, 0.3) is 0 Å². The minimum atomic E-state index is -2.25. The summed E-state index contributed by atoms with van der Waals surface area (Å²) in [4.78, 5) is 13.1. The van der Waals surface area contributed by atoms with Crippen molar-refractivity contribution in [3.63, 3.8) is 0 Å². The van der Waals surface area contributed by atoms with Gasteiger partial charge in [0.25, 0.3) is 8.32 Å². The van der Waals surface area contributed by atoms with Crippen LogP contribution in [0.5, 0.6) is 0 Å². The van der Waals surface area contributed by atoms with Gasteiger partial charge < -0.3 is 13.9 Å². The highest BCUT2D eigenvalue weighted by molar-refractivity contribution is 7.71. The third-order valence-corrected chi connectivity index (χ3v) is 11.7. The van der Waals surface area contributed by atoms with Gasteiger partial charge in [-0.25, -0.2) is 4.79 Å². The van der Waals surface area contributed by atoms with Gasteiger partial charge in [0.1, 0.15) is 0 Å². The smallest absolute Gasteiger partial charge is 0.434 e. The second-order valence-corrected chi connectivity index (χ2v) is 15.4. The molecule has 0 aliphatic rings. The number of benzene rings is 2. The van der Waals surface area contributed by atoms with Gasteiger partial charge in [0.15, 0.2) is 0 Å². The van der Waals surface area contributed by atoms with Crippen molar-refractivity contribution >= 4 is 39.2 Å². The van der Waals surface area contributed by atoms with Crippen LogP contribution in [0.4, 0.5) is 4.79 Å². The van der Waals surface area contributed by atoms with E-state index in [-0.39, 0.29) is 17.7 Å². The molecule has 0 heterocycles. The Labute approximate surface area is 194 Å². The van der Waals surface area contributed by atoms with Crippen molar-refractivity contribution in [2.75, 3.05) is 13.2 Å². The molecule has 1 amide bonds. The minimum absolute atomic E-state index is 0.0524. The fourth-order valence-electron chi connectivity index (χ4n) is 2.51. The molecule has 0 fully saturated rings. The highest BCUT2D eigenvalue weighted by Crippen LogP contribution is 2.41. The fourth-order valence-corrected chi connectivity index (χ4v) is 5.38. The number of hydrogen-bond donors (Lipinski definition) is 0. The van der Waals surface area contributed by atoms with Gasteiger partial charge in [0.05, 0.1) is 21.3 Å². The second kappa shape index (κ2) is 11.5. The van der Waals surface area contributed by atoms with E-state index < -0.39 is 22.5 Å². The Hall–Kier alpha value is -2.37. The zero-order chi connectivity index (χ0) is 23.8. The molecule has 0 aliphatic carbocycles. The lowest BCUT2D eigenvalue weighted by molar-refractivity contribution is 0.130. The molecule has 0 saturated carbocycles. The van der Waals surface area contributed by atoms with E-state index in [2.05, 4.69) is 39.0 Å². The van der Waals surface area contributed by atoms with Gasteiger partial charge >= 0.3 is 12.2 Å². The van der Waals surface area contributed by atoms with Gasteiger partial charge in [0, 0.05) is 10.6 Å². The number of carbonyl (C=O) groups is 1. The first-order chi connectivity index (χ1) is 15.1. The molecule has 32 heavy (non-hydrogen) atoms. The topological polar surface area (TPSA) is 60.4 Å². The number of ether oxygens (including phenoxy) is 2. The van der Waals surface area contributed by atoms with Crippen LogP contribution in [0.15, 0.2) is 65.8 Å². The average molecular weight is 475 g/mol. The van der Waals surface area contributed by atoms with Gasteiger partial charge in [-0.2, -0.15) is 4.78 Å². The molecule has 2 aromatic carbocycles. The summed E-state index contributed by atoms with van der Waals surface area (Å²) < 4.78 is 18.9. The molecule has 0 N–H and O–H groups in total. The molecule has 0 radical (unpaired) electrons. The molecule has 8 heteroatoms. The van der Waals surface area contributed by atoms with Crippen molar-refractivity contribution < 1.29 is 18.7 Å². The van der Waals surface area contributed by atoms with Crippen molar-refractivity contribution in [1.82, 2.24) is 4.78 Å². The summed E-state index contributed by atoms with van der Waals surface area (Å²) in [5.41, 5.74) is 0. The predicted molar refractivity (Wildman–Crippen MR) is 135 cm³/mol. The molecule has 0 spiro atoms. The van der Waals surface area contributed by atoms with E-state index in [1.54, 1.807) is 6.92 Å². The summed E-state index contributed by atoms with van der Waals surface area (Å²) in [6.45, 7) is 14.9. The van der Waals surface area contributed by atoms with E-state index in [1.165, 1.54) is 4.78 Å². The Morgan fingerprint density at radius 2 is 1.38 bits per heavy atom. The monoisotopic (exact) mass is 474 g/mol. The zero-order valence-corrected chi connectivity index (χ0v) is 22.1. The van der Waals surface area contributed by atoms with Gasteiger partial charge in [-0.3, -0.25) is 0 Å². The summed E-state index contributed by atoms with van der Waals surface area (Å²) in [6.07, 6.45) is -0.436. The van der Waals surface area contributed by atoms with Crippen LogP contribution in [0.1, 0.15) is 34.6 Å². The molecule has 174 valence electrons. The largest absolute Gasteiger partial charge is 0.503 e. The Bertz CT molecular complexity index is 846. The quantitative estimate of drug-likeness (QED) is 0.167. The number of rotatable bonds is 7. The number of amides is 1. The Morgan fingerprint density at radius 3 is 1.78 bits per heavy atom. The van der Waals surface area contributed by atoms with E-state index in [4.69, 9.17) is 13.9 Å². The molecular weight excluding hydrogens is 439 g/mol. The van der Waals surface area contributed by atoms with Crippen LogP contribution in [-0.2, 0) is 13.9 Å². The van der Waals surface area contributed by atoms with Crippen molar-refractivity contribution in [2.45, 2.75) is 52.8 Å². The molecule has 0 bridgehead atoms. The predicted octanol–water partition coefficient (Wildman–Crippen LogP) is 5.82. The maximum absolute atomic E-state index is 13.1. The Balaban J connectivity index is 2.61. The highest BCUT2D eigenvalue weighted by Gasteiger charge is 2.41. The summed E-state index contributed by atoms with van der Waals surface area (Å²) >= 11 is 0. The highest BCUT2D eigenvalue weighted by atomic mass is 31.1. The molecule has 0 atom stereocenters. The molecule has 0 saturated heterocycles. The maximum atomic E-state index is 13.1. The lowest BCUT2D eigenvalue weighted by atomic mass is 10.2. The molecule has 0 unspecified atom stereocenters. The lowest BCUT2D eigenvalue weighted by Crippen LogP contribution is -2.44. The first-order valence-corrected chi connectivity index (χ1v) is 15.1. The number of carbonyl (C=O) groups excluding carboxylic acids is 1. The first kappa shape index (κ1) is 25.9. The van der Waals surface area contributed by atoms with Gasteiger partial charge in [-0.05, 0) is 32.0 Å². The maximum Gasteiger partial charge on any atom is 0.434 e. The fraction of sp³-hybridized carbons (Fsp3) is 0.417. The summed E-state index contributed by atoms with van der Waals surface area (Å²) in [7, 11) is -3.60. The molecule has 0 aliphatic heterocycles. The van der Waals surface area contributed by atoms with Crippen LogP contribution in [0.2, 0.25) is 18.1 Å². The standard InChI is InChI=1S/C24H35N2O4PSi/c1-8-28-22(30-32(6,7)24(3,4)5)25-26(23(27)29-9-2)31(20-16-12-10-13-17-20)21-18-14-11-15-19-21/h10-19H,8-9H2,1-7H3/b25-22-. The van der Waals surface area contributed by atoms with Crippen LogP contribution in [-0.4, -0.2) is 38.5 Å². The Morgan fingerprint density at radius 1 is 0.906 bits per heavy atom. The van der Waals surface area contributed by atoms with E-state index >= 15 is 0 Å². The van der Waals surface area contributed by atoms with E-state index in [9.17, 15) is 4.79 Å². The second-order valence-electron chi connectivity index (χ2n) is 8.63. The van der Waals surface area contributed by atoms with Crippen molar-refractivity contribution in [3.05, 3.63) is 60.7 Å². The van der Waals surface area contributed by atoms with E-state index in [0.717, 1.165) is 10.6 Å². The minimum Gasteiger partial charge on any atom is -0.503 e. The summed E-state index contributed by atoms with van der Waals surface area (Å²) in [5, 5.41) is 6.51. The lowest BCUT2D eigenvalue weighted by Gasteiger charge is -2.36. The molecule has 2 aromatic rings. The van der Waals surface area contributed by atoms with Crippen molar-refractivity contribution in [2.24, 2.45) is 5.10 Å². The van der Waals surface area contributed by atoms with Crippen LogP contribution in [0.3, 0.4) is 0 Å². The third-order valence-electron chi connectivity index (χ3n) is 5.21. The average Bonchev–Trinajstić information content (AvgIpc) is 2.74. The molecule has 2 rings (SSSR count). The normalized spacial score (nSPS) is 12.4. The van der Waals surface area contributed by atoms with Crippen molar-refractivity contribution in [3.8, 4) is 0 Å². The first-order valence-electron chi connectivity index (χ1n) is 10.9. The van der Waals surface area contributed by atoms with Crippen LogP contribution >= 0.6 is 8.07 Å². The van der Waals surface area contributed by atoms with Gasteiger partial charge in [-0.15, -0.1) is 0 Å². The Kier molecular flexibility index (Phi) is 9.29. The van der Waals surface area contributed by atoms with Gasteiger partial charge in [0.2, 0.25) is 0 Å². The molecular formula is C24H35N2O4PSi. The summed E-state index contributed by atoms with van der Waals surface area (Å²) in [5.74, 6) is 0. The molecule has 0 aromatic heterocycles. The van der Waals surface area contributed by atoms with Crippen molar-refractivity contribution in [1.29, 1.82) is 0 Å². The number of hydrazone groups is 1. The van der Waals surface area contributed by atoms with E-state index in [0.29, 0.717) is 6.61 Å². The number of nitrogens with zero attached hydrogens (tertiary/aromatic N) is 2. The van der Waals surface area contributed by atoms with E-state index in [1.807, 2.05) is 67.6 Å². The van der Waals surface area contributed by atoms with Crippen LogP contribution in [0, 0.1) is 0 Å². The number of hydrogen-bond acceptors (Lipinski definition) is 5. The SMILES string of the molecule is CCOC(=O)N(/N=C(/OCC)O[Si](C)(C)C(C)(C)C)P(c1ccccc1)c1ccccc1. The molecule has 6 nitrogen and oxygen atoms in total.